The molecule has 2 nitrogen and oxygen atoms in total. The van der Waals surface area contributed by atoms with Crippen molar-refractivity contribution in [3.63, 3.8) is 0 Å². The fourth-order valence-corrected chi connectivity index (χ4v) is 1.50. The first kappa shape index (κ1) is 12.3. The third-order valence-electron chi connectivity index (χ3n) is 2.43. The summed E-state index contributed by atoms with van der Waals surface area (Å²) in [7, 11) is 0. The Morgan fingerprint density at radius 1 is 1.60 bits per heavy atom. The summed E-state index contributed by atoms with van der Waals surface area (Å²) in [6.45, 7) is 3.41. The van der Waals surface area contributed by atoms with Crippen molar-refractivity contribution >= 4 is 21.7 Å². The van der Waals surface area contributed by atoms with Crippen LogP contribution in [0.15, 0.2) is 22.7 Å². The quantitative estimate of drug-likeness (QED) is 0.861. The van der Waals surface area contributed by atoms with Crippen LogP contribution in [0.25, 0.3) is 0 Å². The van der Waals surface area contributed by atoms with Crippen molar-refractivity contribution in [1.29, 1.82) is 0 Å². The molecule has 0 bridgehead atoms. The number of carbonyl (C=O) groups excluding carboxylic acids is 1. The summed E-state index contributed by atoms with van der Waals surface area (Å²) in [5, 5.41) is 0. The van der Waals surface area contributed by atoms with Crippen molar-refractivity contribution in [3.05, 3.63) is 34.1 Å². The maximum Gasteiger partial charge on any atom is 0.185 e. The third-order valence-corrected chi connectivity index (χ3v) is 2.92. The van der Waals surface area contributed by atoms with Crippen LogP contribution in [0.4, 0.5) is 4.39 Å². The zero-order valence-electron chi connectivity index (χ0n) is 8.68. The Bertz CT molecular complexity index is 390. The second-order valence-electron chi connectivity index (χ2n) is 3.72. The molecule has 1 aromatic carbocycles. The Morgan fingerprint density at radius 3 is 2.73 bits per heavy atom. The lowest BCUT2D eigenvalue weighted by Crippen LogP contribution is -2.44. The number of rotatable bonds is 3. The predicted octanol–water partition coefficient (Wildman–Crippen LogP) is 2.90. The number of halogens is 2. The largest absolute Gasteiger partial charge is 0.319 e. The van der Waals surface area contributed by atoms with Crippen LogP contribution >= 0.6 is 15.9 Å². The molecule has 4 heteroatoms. The lowest BCUT2D eigenvalue weighted by atomic mass is 9.90. The van der Waals surface area contributed by atoms with E-state index in [1.54, 1.807) is 19.9 Å². The lowest BCUT2D eigenvalue weighted by Gasteiger charge is -2.21. The smallest absolute Gasteiger partial charge is 0.185 e. The SMILES string of the molecule is CCC(C)(N)C(=O)c1cc(Br)ccc1F. The van der Waals surface area contributed by atoms with E-state index < -0.39 is 11.4 Å². The topological polar surface area (TPSA) is 43.1 Å². The molecule has 0 aliphatic heterocycles. The molecule has 0 aliphatic carbocycles. The van der Waals surface area contributed by atoms with Crippen molar-refractivity contribution in [3.8, 4) is 0 Å². The van der Waals surface area contributed by atoms with Crippen molar-refractivity contribution < 1.29 is 9.18 Å². The highest BCUT2D eigenvalue weighted by Gasteiger charge is 2.29. The maximum absolute atomic E-state index is 13.4. The summed E-state index contributed by atoms with van der Waals surface area (Å²) in [6.07, 6.45) is 0.470. The standard InChI is InChI=1S/C11H13BrFNO/c1-3-11(2,14)10(15)8-6-7(12)4-5-9(8)13/h4-6H,3,14H2,1-2H3. The van der Waals surface area contributed by atoms with Crippen LogP contribution in [0.3, 0.4) is 0 Å². The van der Waals surface area contributed by atoms with Crippen LogP contribution < -0.4 is 5.73 Å². The number of benzene rings is 1. The molecule has 1 aromatic rings. The molecule has 2 N–H and O–H groups in total. The zero-order valence-corrected chi connectivity index (χ0v) is 10.3. The molecule has 0 radical (unpaired) electrons. The van der Waals surface area contributed by atoms with Crippen LogP contribution in [0.2, 0.25) is 0 Å². The van der Waals surface area contributed by atoms with Gasteiger partial charge in [-0.2, -0.15) is 0 Å². The van der Waals surface area contributed by atoms with Crippen LogP contribution in [0, 0.1) is 5.82 Å². The van der Waals surface area contributed by atoms with E-state index in [0.717, 1.165) is 0 Å². The van der Waals surface area contributed by atoms with Gasteiger partial charge >= 0.3 is 0 Å². The average Bonchev–Trinajstić information content (AvgIpc) is 2.20. The molecule has 1 atom stereocenters. The van der Waals surface area contributed by atoms with Crippen molar-refractivity contribution in [1.82, 2.24) is 0 Å². The highest BCUT2D eigenvalue weighted by atomic mass is 79.9. The fourth-order valence-electron chi connectivity index (χ4n) is 1.14. The van der Waals surface area contributed by atoms with Gasteiger partial charge in [0.05, 0.1) is 11.1 Å². The van der Waals surface area contributed by atoms with Gasteiger partial charge in [-0.25, -0.2) is 4.39 Å². The minimum atomic E-state index is -1.01. The summed E-state index contributed by atoms with van der Waals surface area (Å²) in [5.41, 5.74) is 4.80. The molecule has 1 rings (SSSR count). The Hall–Kier alpha value is -0.740. The molecule has 15 heavy (non-hydrogen) atoms. The molecule has 0 saturated heterocycles. The Morgan fingerprint density at radius 2 is 2.20 bits per heavy atom. The van der Waals surface area contributed by atoms with Crippen LogP contribution in [0.1, 0.15) is 30.6 Å². The van der Waals surface area contributed by atoms with Crippen molar-refractivity contribution in [2.75, 3.05) is 0 Å². The van der Waals surface area contributed by atoms with Crippen molar-refractivity contribution in [2.45, 2.75) is 25.8 Å². The van der Waals surface area contributed by atoms with Gasteiger partial charge in [-0.3, -0.25) is 4.79 Å². The highest BCUT2D eigenvalue weighted by molar-refractivity contribution is 9.10. The zero-order chi connectivity index (χ0) is 11.6. The van der Waals surface area contributed by atoms with Gasteiger partial charge in [-0.1, -0.05) is 22.9 Å². The molecule has 0 spiro atoms. The first-order valence-corrected chi connectivity index (χ1v) is 5.46. The molecule has 0 aromatic heterocycles. The molecule has 1 unspecified atom stereocenters. The molecule has 0 heterocycles. The number of ketones is 1. The number of Topliss-reactive ketones (excluding diaryl/α,β-unsaturated/α-hetero) is 1. The minimum Gasteiger partial charge on any atom is -0.319 e. The molecule has 0 amide bonds. The van der Waals surface area contributed by atoms with Gasteiger partial charge in [0.1, 0.15) is 5.82 Å². The second-order valence-corrected chi connectivity index (χ2v) is 4.64. The highest BCUT2D eigenvalue weighted by Crippen LogP contribution is 2.20. The number of hydrogen-bond donors (Lipinski definition) is 1. The monoisotopic (exact) mass is 273 g/mol. The number of nitrogens with two attached hydrogens (primary N) is 1. The lowest BCUT2D eigenvalue weighted by molar-refractivity contribution is 0.0893. The maximum atomic E-state index is 13.4. The van der Waals surface area contributed by atoms with E-state index in [1.807, 2.05) is 0 Å². The minimum absolute atomic E-state index is 0.0382. The Labute approximate surface area is 96.8 Å². The van der Waals surface area contributed by atoms with E-state index >= 15 is 0 Å². The van der Waals surface area contributed by atoms with E-state index in [0.29, 0.717) is 10.9 Å². The van der Waals surface area contributed by atoms with E-state index in [9.17, 15) is 9.18 Å². The van der Waals surface area contributed by atoms with E-state index in [-0.39, 0.29) is 11.3 Å². The summed E-state index contributed by atoms with van der Waals surface area (Å²) in [6, 6.07) is 4.26. The molecular weight excluding hydrogens is 261 g/mol. The van der Waals surface area contributed by atoms with E-state index in [2.05, 4.69) is 15.9 Å². The van der Waals surface area contributed by atoms with Gasteiger partial charge in [0.2, 0.25) is 0 Å². The molecule has 0 fully saturated rings. The summed E-state index contributed by atoms with van der Waals surface area (Å²) >= 11 is 3.19. The van der Waals surface area contributed by atoms with Gasteiger partial charge in [-0.15, -0.1) is 0 Å². The summed E-state index contributed by atoms with van der Waals surface area (Å²) < 4.78 is 14.1. The second kappa shape index (κ2) is 4.41. The van der Waals surface area contributed by atoms with E-state index in [4.69, 9.17) is 5.73 Å². The first-order valence-electron chi connectivity index (χ1n) is 4.67. The Balaban J connectivity index is 3.17. The van der Waals surface area contributed by atoms with Gasteiger partial charge < -0.3 is 5.73 Å². The first-order chi connectivity index (χ1) is 6.88. The van der Waals surface area contributed by atoms with Crippen LogP contribution in [0.5, 0.6) is 0 Å². The van der Waals surface area contributed by atoms with Crippen LogP contribution in [-0.4, -0.2) is 11.3 Å². The average molecular weight is 274 g/mol. The fraction of sp³-hybridized carbons (Fsp3) is 0.364. The van der Waals surface area contributed by atoms with Crippen molar-refractivity contribution in [2.24, 2.45) is 5.73 Å². The molecular formula is C11H13BrFNO. The van der Waals surface area contributed by atoms with Gasteiger partial charge in [0, 0.05) is 4.47 Å². The Kier molecular flexibility index (Phi) is 3.62. The third kappa shape index (κ3) is 2.63. The van der Waals surface area contributed by atoms with E-state index in [1.165, 1.54) is 12.1 Å². The van der Waals surface area contributed by atoms with Crippen LogP contribution in [-0.2, 0) is 0 Å². The molecule has 0 saturated carbocycles. The number of carbonyl (C=O) groups is 1. The molecule has 0 aliphatic rings. The predicted molar refractivity (Wildman–Crippen MR) is 61.3 cm³/mol. The van der Waals surface area contributed by atoms with Gasteiger partial charge in [0.25, 0.3) is 0 Å². The number of hydrogen-bond acceptors (Lipinski definition) is 2. The normalized spacial score (nSPS) is 14.7. The summed E-state index contributed by atoms with van der Waals surface area (Å²) in [4.78, 5) is 11.9. The van der Waals surface area contributed by atoms with Gasteiger partial charge in [0.15, 0.2) is 5.78 Å². The summed E-state index contributed by atoms with van der Waals surface area (Å²) in [5.74, 6) is -0.905. The van der Waals surface area contributed by atoms with Gasteiger partial charge in [-0.05, 0) is 31.5 Å². The molecule has 82 valence electrons.